The average Bonchev–Trinajstić information content (AvgIpc) is 2.37. The predicted octanol–water partition coefficient (Wildman–Crippen LogP) is 1.81. The minimum absolute atomic E-state index is 0.0537. The molecule has 1 aliphatic rings. The summed E-state index contributed by atoms with van der Waals surface area (Å²) in [5.41, 5.74) is 8.11. The highest BCUT2D eigenvalue weighted by molar-refractivity contribution is 5.95. The number of likely N-dealkylation sites (tertiary alicyclic amines) is 1. The van der Waals surface area contributed by atoms with Gasteiger partial charge in [-0.1, -0.05) is 0 Å². The van der Waals surface area contributed by atoms with E-state index < -0.39 is 0 Å². The zero-order valence-corrected chi connectivity index (χ0v) is 11.4. The number of nitrogen functional groups attached to an aromatic ring is 1. The predicted molar refractivity (Wildman–Crippen MR) is 75.9 cm³/mol. The smallest absolute Gasteiger partial charge is 0.253 e. The highest BCUT2D eigenvalue weighted by Gasteiger charge is 2.24. The van der Waals surface area contributed by atoms with Gasteiger partial charge in [-0.15, -0.1) is 0 Å². The van der Waals surface area contributed by atoms with Crippen molar-refractivity contribution < 1.29 is 9.90 Å². The molecule has 0 bridgehead atoms. The van der Waals surface area contributed by atoms with E-state index in [1.54, 1.807) is 6.07 Å². The van der Waals surface area contributed by atoms with Gasteiger partial charge < -0.3 is 15.7 Å². The van der Waals surface area contributed by atoms with Crippen LogP contribution in [0.2, 0.25) is 0 Å². The summed E-state index contributed by atoms with van der Waals surface area (Å²) in [4.78, 5) is 14.3. The Labute approximate surface area is 114 Å². The van der Waals surface area contributed by atoms with Crippen molar-refractivity contribution in [1.82, 2.24) is 4.90 Å². The van der Waals surface area contributed by atoms with E-state index in [4.69, 9.17) is 10.8 Å². The second-order valence-electron chi connectivity index (χ2n) is 5.40. The van der Waals surface area contributed by atoms with Crippen molar-refractivity contribution in [2.75, 3.05) is 25.4 Å². The van der Waals surface area contributed by atoms with Gasteiger partial charge in [-0.3, -0.25) is 4.79 Å². The maximum Gasteiger partial charge on any atom is 0.253 e. The third-order valence-electron chi connectivity index (χ3n) is 3.69. The summed E-state index contributed by atoms with van der Waals surface area (Å²) in [7, 11) is 0. The number of carbonyl (C=O) groups excluding carboxylic acids is 1. The minimum atomic E-state index is 0.0537. The summed E-state index contributed by atoms with van der Waals surface area (Å²) in [5.74, 6) is 0.475. The monoisotopic (exact) mass is 262 g/mol. The molecule has 1 saturated heterocycles. The molecule has 1 amide bonds. The lowest BCUT2D eigenvalue weighted by molar-refractivity contribution is 0.0653. The molecule has 0 aliphatic carbocycles. The summed E-state index contributed by atoms with van der Waals surface area (Å²) in [6.45, 7) is 3.68. The van der Waals surface area contributed by atoms with E-state index in [1.807, 2.05) is 24.0 Å². The molecule has 0 radical (unpaired) electrons. The van der Waals surface area contributed by atoms with E-state index in [-0.39, 0.29) is 12.5 Å². The van der Waals surface area contributed by atoms with Crippen molar-refractivity contribution in [3.8, 4) is 0 Å². The van der Waals surface area contributed by atoms with Gasteiger partial charge in [0.25, 0.3) is 5.91 Å². The molecule has 3 N–H and O–H groups in total. The van der Waals surface area contributed by atoms with Crippen LogP contribution in [0.1, 0.15) is 35.2 Å². The highest BCUT2D eigenvalue weighted by atomic mass is 16.3. The molecule has 1 fully saturated rings. The largest absolute Gasteiger partial charge is 0.399 e. The van der Waals surface area contributed by atoms with Crippen LogP contribution in [0.25, 0.3) is 0 Å². The molecule has 1 aromatic carbocycles. The molecule has 1 aromatic rings. The van der Waals surface area contributed by atoms with Crippen LogP contribution in [0.3, 0.4) is 0 Å². The first-order valence-electron chi connectivity index (χ1n) is 6.87. The molecule has 1 heterocycles. The van der Waals surface area contributed by atoms with Gasteiger partial charge in [0.15, 0.2) is 0 Å². The standard InChI is InChI=1S/C15H22N2O2/c1-11-7-13(9-14(16)8-11)15(19)17-5-2-3-12(10-17)4-6-18/h7-9,12,18H,2-6,10,16H2,1H3. The number of carbonyl (C=O) groups is 1. The molecule has 0 spiro atoms. The SMILES string of the molecule is Cc1cc(N)cc(C(=O)N2CCCC(CCO)C2)c1. The average molecular weight is 262 g/mol. The number of aliphatic hydroxyl groups excluding tert-OH is 1. The van der Waals surface area contributed by atoms with E-state index in [9.17, 15) is 4.79 Å². The molecular weight excluding hydrogens is 240 g/mol. The maximum absolute atomic E-state index is 12.5. The van der Waals surface area contributed by atoms with Crippen molar-refractivity contribution in [2.24, 2.45) is 5.92 Å². The van der Waals surface area contributed by atoms with Crippen molar-refractivity contribution in [2.45, 2.75) is 26.2 Å². The summed E-state index contributed by atoms with van der Waals surface area (Å²) in [6, 6.07) is 5.49. The van der Waals surface area contributed by atoms with Crippen LogP contribution in [0.4, 0.5) is 5.69 Å². The third-order valence-corrected chi connectivity index (χ3v) is 3.69. The van der Waals surface area contributed by atoms with E-state index in [2.05, 4.69) is 0 Å². The minimum Gasteiger partial charge on any atom is -0.399 e. The molecule has 2 rings (SSSR count). The van der Waals surface area contributed by atoms with E-state index in [0.717, 1.165) is 37.9 Å². The van der Waals surface area contributed by atoms with Gasteiger partial charge in [0, 0.05) is 30.9 Å². The number of nitrogens with zero attached hydrogens (tertiary/aromatic N) is 1. The fourth-order valence-corrected chi connectivity index (χ4v) is 2.79. The number of hydrogen-bond donors (Lipinski definition) is 2. The number of aryl methyl sites for hydroxylation is 1. The zero-order chi connectivity index (χ0) is 13.8. The molecule has 0 saturated carbocycles. The number of hydrogen-bond acceptors (Lipinski definition) is 3. The van der Waals surface area contributed by atoms with Crippen LogP contribution in [0.5, 0.6) is 0 Å². The van der Waals surface area contributed by atoms with Gasteiger partial charge >= 0.3 is 0 Å². The lowest BCUT2D eigenvalue weighted by Gasteiger charge is -2.32. The number of benzene rings is 1. The molecule has 1 aliphatic heterocycles. The lowest BCUT2D eigenvalue weighted by Crippen LogP contribution is -2.40. The Morgan fingerprint density at radius 2 is 2.26 bits per heavy atom. The number of aliphatic hydroxyl groups is 1. The molecule has 4 heteroatoms. The van der Waals surface area contributed by atoms with Gasteiger partial charge in [0.1, 0.15) is 0 Å². The normalized spacial score (nSPS) is 19.5. The van der Waals surface area contributed by atoms with E-state index in [1.165, 1.54) is 0 Å². The first-order valence-corrected chi connectivity index (χ1v) is 6.87. The van der Waals surface area contributed by atoms with Crippen molar-refractivity contribution >= 4 is 11.6 Å². The number of anilines is 1. The van der Waals surface area contributed by atoms with Gasteiger partial charge in [-0.05, 0) is 55.9 Å². The Bertz CT molecular complexity index is 437. The molecular formula is C15H22N2O2. The second-order valence-corrected chi connectivity index (χ2v) is 5.40. The van der Waals surface area contributed by atoms with E-state index >= 15 is 0 Å². The first-order chi connectivity index (χ1) is 9.10. The molecule has 0 aromatic heterocycles. The Morgan fingerprint density at radius 3 is 2.95 bits per heavy atom. The molecule has 1 atom stereocenters. The van der Waals surface area contributed by atoms with Crippen LogP contribution >= 0.6 is 0 Å². The van der Waals surface area contributed by atoms with Crippen LogP contribution < -0.4 is 5.73 Å². The quantitative estimate of drug-likeness (QED) is 0.816. The maximum atomic E-state index is 12.5. The number of rotatable bonds is 3. The topological polar surface area (TPSA) is 66.6 Å². The second kappa shape index (κ2) is 6.06. The molecule has 4 nitrogen and oxygen atoms in total. The van der Waals surface area contributed by atoms with Gasteiger partial charge in [-0.25, -0.2) is 0 Å². The third kappa shape index (κ3) is 3.47. The molecule has 1 unspecified atom stereocenters. The van der Waals surface area contributed by atoms with Gasteiger partial charge in [0.2, 0.25) is 0 Å². The lowest BCUT2D eigenvalue weighted by atomic mass is 9.94. The number of amides is 1. The summed E-state index contributed by atoms with van der Waals surface area (Å²) in [6.07, 6.45) is 2.89. The van der Waals surface area contributed by atoms with Crippen molar-refractivity contribution in [3.05, 3.63) is 29.3 Å². The summed E-state index contributed by atoms with van der Waals surface area (Å²) < 4.78 is 0. The Hall–Kier alpha value is -1.55. The van der Waals surface area contributed by atoms with Crippen LogP contribution in [0, 0.1) is 12.8 Å². The van der Waals surface area contributed by atoms with E-state index in [0.29, 0.717) is 17.2 Å². The van der Waals surface area contributed by atoms with Gasteiger partial charge in [0.05, 0.1) is 0 Å². The fraction of sp³-hybridized carbons (Fsp3) is 0.533. The van der Waals surface area contributed by atoms with Gasteiger partial charge in [-0.2, -0.15) is 0 Å². The van der Waals surface area contributed by atoms with Crippen molar-refractivity contribution in [1.29, 1.82) is 0 Å². The summed E-state index contributed by atoms with van der Waals surface area (Å²) >= 11 is 0. The Morgan fingerprint density at radius 1 is 1.47 bits per heavy atom. The molecule has 19 heavy (non-hydrogen) atoms. The Balaban J connectivity index is 2.10. The Kier molecular flexibility index (Phi) is 4.43. The number of piperidine rings is 1. The summed E-state index contributed by atoms with van der Waals surface area (Å²) in [5, 5.41) is 9.01. The van der Waals surface area contributed by atoms with Crippen molar-refractivity contribution in [3.63, 3.8) is 0 Å². The zero-order valence-electron chi connectivity index (χ0n) is 11.4. The first kappa shape index (κ1) is 13.9. The van der Waals surface area contributed by atoms with Crippen LogP contribution in [-0.4, -0.2) is 35.6 Å². The highest BCUT2D eigenvalue weighted by Crippen LogP contribution is 2.22. The number of nitrogens with two attached hydrogens (primary N) is 1. The van der Waals surface area contributed by atoms with Crippen LogP contribution in [0.15, 0.2) is 18.2 Å². The fourth-order valence-electron chi connectivity index (χ4n) is 2.79. The molecule has 104 valence electrons. The van der Waals surface area contributed by atoms with Crippen LogP contribution in [-0.2, 0) is 0 Å².